The lowest BCUT2D eigenvalue weighted by atomic mass is 9.93. The molecular formula is C17H22N2O3S2. The number of carbonyl (C=O) groups is 1. The highest BCUT2D eigenvalue weighted by molar-refractivity contribution is 8.01. The molecule has 1 aromatic heterocycles. The molecule has 2 aromatic rings. The van der Waals surface area contributed by atoms with Crippen molar-refractivity contribution in [1.29, 1.82) is 0 Å². The number of hydrogen-bond acceptors (Lipinski definition) is 6. The number of aromatic nitrogens is 1. The third-order valence-corrected chi connectivity index (χ3v) is 5.27. The van der Waals surface area contributed by atoms with Gasteiger partial charge in [-0.25, -0.2) is 4.98 Å². The van der Waals surface area contributed by atoms with Crippen LogP contribution in [-0.4, -0.2) is 30.9 Å². The molecule has 1 amide bonds. The molecule has 1 heterocycles. The second kappa shape index (κ2) is 7.90. The molecule has 0 atom stereocenters. The van der Waals surface area contributed by atoms with Crippen LogP contribution in [0, 0.1) is 0 Å². The Morgan fingerprint density at radius 1 is 1.25 bits per heavy atom. The van der Waals surface area contributed by atoms with Crippen molar-refractivity contribution >= 4 is 34.7 Å². The topological polar surface area (TPSA) is 60.5 Å². The van der Waals surface area contributed by atoms with Crippen LogP contribution >= 0.6 is 23.1 Å². The summed E-state index contributed by atoms with van der Waals surface area (Å²) < 4.78 is 11.3. The molecular weight excluding hydrogens is 344 g/mol. The van der Waals surface area contributed by atoms with Gasteiger partial charge in [0.2, 0.25) is 5.91 Å². The Morgan fingerprint density at radius 2 is 1.96 bits per heavy atom. The Hall–Kier alpha value is -1.73. The first-order chi connectivity index (χ1) is 11.3. The van der Waals surface area contributed by atoms with Crippen LogP contribution in [0.3, 0.4) is 0 Å². The second-order valence-corrected chi connectivity index (χ2v) is 8.24. The second-order valence-electron chi connectivity index (χ2n) is 6.16. The fourth-order valence-corrected chi connectivity index (χ4v) is 3.76. The minimum Gasteiger partial charge on any atom is -0.493 e. The fourth-order valence-electron chi connectivity index (χ4n) is 1.91. The van der Waals surface area contributed by atoms with Gasteiger partial charge in [-0.2, -0.15) is 0 Å². The largest absolute Gasteiger partial charge is 0.493 e. The molecule has 24 heavy (non-hydrogen) atoms. The van der Waals surface area contributed by atoms with Crippen molar-refractivity contribution < 1.29 is 14.3 Å². The summed E-state index contributed by atoms with van der Waals surface area (Å²) in [7, 11) is 3.14. The van der Waals surface area contributed by atoms with Crippen LogP contribution in [0.5, 0.6) is 11.5 Å². The van der Waals surface area contributed by atoms with Crippen LogP contribution < -0.4 is 14.8 Å². The van der Waals surface area contributed by atoms with E-state index >= 15 is 0 Å². The van der Waals surface area contributed by atoms with Crippen molar-refractivity contribution in [3.05, 3.63) is 29.3 Å². The zero-order valence-electron chi connectivity index (χ0n) is 14.5. The van der Waals surface area contributed by atoms with E-state index in [-0.39, 0.29) is 11.3 Å². The van der Waals surface area contributed by atoms with Crippen LogP contribution in [0.2, 0.25) is 0 Å². The third-order valence-electron chi connectivity index (χ3n) is 3.25. The summed E-state index contributed by atoms with van der Waals surface area (Å²) in [4.78, 5) is 16.7. The molecule has 0 spiro atoms. The molecule has 0 fully saturated rings. The Bertz CT molecular complexity index is 708. The number of thiazole rings is 1. The number of rotatable bonds is 6. The van der Waals surface area contributed by atoms with Gasteiger partial charge in [-0.3, -0.25) is 4.79 Å². The summed E-state index contributed by atoms with van der Waals surface area (Å²) >= 11 is 3.01. The first-order valence-electron chi connectivity index (χ1n) is 7.44. The molecule has 0 saturated heterocycles. The van der Waals surface area contributed by atoms with Crippen LogP contribution in [-0.2, 0) is 10.2 Å². The highest BCUT2D eigenvalue weighted by Gasteiger charge is 2.18. The first kappa shape index (κ1) is 18.6. The molecule has 7 heteroatoms. The number of hydrogen-bond donors (Lipinski definition) is 1. The standard InChI is InChI=1S/C17H22N2O3S2/c1-17(2,3)14-9-23-16(19-14)24-10-15(20)18-11-6-7-12(21-4)13(8-11)22-5/h6-9H,10H2,1-5H3,(H,18,20). The maximum atomic E-state index is 12.1. The number of benzene rings is 1. The molecule has 130 valence electrons. The highest BCUT2D eigenvalue weighted by atomic mass is 32.2. The maximum absolute atomic E-state index is 12.1. The number of anilines is 1. The number of nitrogens with zero attached hydrogens (tertiary/aromatic N) is 1. The Kier molecular flexibility index (Phi) is 6.12. The zero-order chi connectivity index (χ0) is 17.7. The van der Waals surface area contributed by atoms with Gasteiger partial charge in [-0.05, 0) is 12.1 Å². The summed E-state index contributed by atoms with van der Waals surface area (Å²) in [6.45, 7) is 6.38. The molecule has 0 unspecified atom stereocenters. The molecule has 5 nitrogen and oxygen atoms in total. The lowest BCUT2D eigenvalue weighted by molar-refractivity contribution is -0.113. The molecule has 1 N–H and O–H groups in total. The van der Waals surface area contributed by atoms with Gasteiger partial charge in [0, 0.05) is 22.5 Å². The van der Waals surface area contributed by atoms with Crippen LogP contribution in [0.15, 0.2) is 27.9 Å². The van der Waals surface area contributed by atoms with Crippen molar-refractivity contribution in [3.8, 4) is 11.5 Å². The predicted octanol–water partition coefficient (Wildman–Crippen LogP) is 4.19. The van der Waals surface area contributed by atoms with Crippen LogP contribution in [0.1, 0.15) is 26.5 Å². The number of amides is 1. The van der Waals surface area contributed by atoms with E-state index in [1.165, 1.54) is 11.8 Å². The minimum absolute atomic E-state index is 0.0250. The van der Waals surface area contributed by atoms with Crippen molar-refractivity contribution in [2.24, 2.45) is 0 Å². The fraction of sp³-hybridized carbons (Fsp3) is 0.412. The van der Waals surface area contributed by atoms with Crippen molar-refractivity contribution in [1.82, 2.24) is 4.98 Å². The van der Waals surface area contributed by atoms with Gasteiger partial charge < -0.3 is 14.8 Å². The Labute approximate surface area is 150 Å². The molecule has 1 aromatic carbocycles. The van der Waals surface area contributed by atoms with Crippen LogP contribution in [0.25, 0.3) is 0 Å². The van der Waals surface area contributed by atoms with E-state index < -0.39 is 0 Å². The smallest absolute Gasteiger partial charge is 0.234 e. The van der Waals surface area contributed by atoms with E-state index in [1.807, 2.05) is 0 Å². The van der Waals surface area contributed by atoms with Crippen molar-refractivity contribution in [2.45, 2.75) is 30.5 Å². The molecule has 0 radical (unpaired) electrons. The van der Waals surface area contributed by atoms with E-state index in [9.17, 15) is 4.79 Å². The van der Waals surface area contributed by atoms with Gasteiger partial charge in [0.05, 0.1) is 25.7 Å². The van der Waals surface area contributed by atoms with Crippen molar-refractivity contribution in [3.63, 3.8) is 0 Å². The van der Waals surface area contributed by atoms with E-state index in [0.29, 0.717) is 22.9 Å². The summed E-state index contributed by atoms with van der Waals surface area (Å²) in [5.74, 6) is 1.44. The number of carbonyl (C=O) groups excluding carboxylic acids is 1. The van der Waals surface area contributed by atoms with E-state index in [2.05, 4.69) is 36.5 Å². The van der Waals surface area contributed by atoms with Gasteiger partial charge >= 0.3 is 0 Å². The van der Waals surface area contributed by atoms with E-state index in [1.54, 1.807) is 43.8 Å². The minimum atomic E-state index is -0.0836. The molecule has 0 aliphatic rings. The molecule has 0 aliphatic carbocycles. The molecule has 0 bridgehead atoms. The Morgan fingerprint density at radius 3 is 2.54 bits per heavy atom. The average Bonchev–Trinajstić information content (AvgIpc) is 3.02. The quantitative estimate of drug-likeness (QED) is 0.777. The number of thioether (sulfide) groups is 1. The summed E-state index contributed by atoms with van der Waals surface area (Å²) in [6.07, 6.45) is 0. The van der Waals surface area contributed by atoms with Gasteiger partial charge in [-0.15, -0.1) is 11.3 Å². The zero-order valence-corrected chi connectivity index (χ0v) is 16.1. The normalized spacial score (nSPS) is 11.2. The SMILES string of the molecule is COc1ccc(NC(=O)CSc2nc(C(C)(C)C)cs2)cc1OC. The molecule has 0 aliphatic heterocycles. The monoisotopic (exact) mass is 366 g/mol. The lowest BCUT2D eigenvalue weighted by Crippen LogP contribution is -2.14. The lowest BCUT2D eigenvalue weighted by Gasteiger charge is -2.14. The predicted molar refractivity (Wildman–Crippen MR) is 99.7 cm³/mol. The van der Waals surface area contributed by atoms with Gasteiger partial charge in [0.25, 0.3) is 0 Å². The number of nitrogens with one attached hydrogen (secondary N) is 1. The Balaban J connectivity index is 1.93. The summed E-state index contributed by atoms with van der Waals surface area (Å²) in [5, 5.41) is 4.91. The number of methoxy groups -OCH3 is 2. The van der Waals surface area contributed by atoms with Gasteiger partial charge in [-0.1, -0.05) is 32.5 Å². The summed E-state index contributed by atoms with van der Waals surface area (Å²) in [5.41, 5.74) is 1.75. The maximum Gasteiger partial charge on any atom is 0.234 e. The summed E-state index contributed by atoms with van der Waals surface area (Å²) in [6, 6.07) is 5.28. The molecule has 2 rings (SSSR count). The van der Waals surface area contributed by atoms with Gasteiger partial charge in [0.1, 0.15) is 0 Å². The third kappa shape index (κ3) is 4.88. The average molecular weight is 367 g/mol. The van der Waals surface area contributed by atoms with Crippen molar-refractivity contribution in [2.75, 3.05) is 25.3 Å². The van der Waals surface area contributed by atoms with Crippen LogP contribution in [0.4, 0.5) is 5.69 Å². The molecule has 0 saturated carbocycles. The first-order valence-corrected chi connectivity index (χ1v) is 9.30. The highest BCUT2D eigenvalue weighted by Crippen LogP contribution is 2.31. The van der Waals surface area contributed by atoms with Gasteiger partial charge in [0.15, 0.2) is 15.8 Å². The van der Waals surface area contributed by atoms with E-state index in [0.717, 1.165) is 10.0 Å². The van der Waals surface area contributed by atoms with E-state index in [4.69, 9.17) is 9.47 Å². The number of ether oxygens (including phenoxy) is 2.